The third-order valence-corrected chi connectivity index (χ3v) is 4.25. The molecule has 2 rings (SSSR count). The maximum absolute atomic E-state index is 12.6. The highest BCUT2D eigenvalue weighted by molar-refractivity contribution is 8.00. The fourth-order valence-corrected chi connectivity index (χ4v) is 3.04. The summed E-state index contributed by atoms with van der Waals surface area (Å²) >= 11 is 1.22. The van der Waals surface area contributed by atoms with Crippen molar-refractivity contribution >= 4 is 17.7 Å². The molecule has 22 heavy (non-hydrogen) atoms. The molecule has 0 unspecified atom stereocenters. The van der Waals surface area contributed by atoms with Crippen molar-refractivity contribution in [3.63, 3.8) is 0 Å². The van der Waals surface area contributed by atoms with Crippen LogP contribution < -0.4 is 5.69 Å². The minimum Gasteiger partial charge on any atom is -0.481 e. The third-order valence-electron chi connectivity index (χ3n) is 3.20. The summed E-state index contributed by atoms with van der Waals surface area (Å²) in [4.78, 5) is 24.2. The van der Waals surface area contributed by atoms with Gasteiger partial charge in [-0.05, 0) is 25.0 Å². The van der Waals surface area contributed by atoms with E-state index >= 15 is 0 Å². The number of hydrogen-bond donors (Lipinski definition) is 1. The highest BCUT2D eigenvalue weighted by Crippen LogP contribution is 2.25. The molecule has 0 fully saturated rings. The van der Waals surface area contributed by atoms with Crippen molar-refractivity contribution in [2.45, 2.75) is 32.2 Å². The number of carboxylic acids is 1. The molecule has 2 aromatic rings. The summed E-state index contributed by atoms with van der Waals surface area (Å²) in [5, 5.41) is 8.84. The second-order valence-corrected chi connectivity index (χ2v) is 6.59. The lowest BCUT2D eigenvalue weighted by molar-refractivity contribution is -0.133. The summed E-state index contributed by atoms with van der Waals surface area (Å²) in [6, 6.07) is 7.37. The van der Waals surface area contributed by atoms with Crippen LogP contribution >= 0.6 is 11.8 Å². The van der Waals surface area contributed by atoms with Gasteiger partial charge in [0.1, 0.15) is 0 Å². The van der Waals surface area contributed by atoms with Crippen LogP contribution in [0.2, 0.25) is 0 Å². The molecule has 0 saturated carbocycles. The third kappa shape index (κ3) is 3.62. The molecule has 0 amide bonds. The van der Waals surface area contributed by atoms with Crippen LogP contribution in [0.4, 0.5) is 0 Å². The number of carbonyl (C=O) groups is 1. The van der Waals surface area contributed by atoms with Gasteiger partial charge in [0.15, 0.2) is 0 Å². The number of aliphatic carboxylic acids is 1. The number of carboxylic acid groups (broad SMARTS) is 1. The van der Waals surface area contributed by atoms with Crippen molar-refractivity contribution in [3.8, 4) is 5.69 Å². The van der Waals surface area contributed by atoms with E-state index in [1.807, 2.05) is 37.4 Å². The first-order valence-electron chi connectivity index (χ1n) is 7.13. The van der Waals surface area contributed by atoms with Crippen molar-refractivity contribution < 1.29 is 9.90 Å². The molecular formula is C16H20N2O3S. The number of thioether (sulfide) groups is 1. The van der Waals surface area contributed by atoms with Crippen LogP contribution in [0.25, 0.3) is 5.69 Å². The number of para-hydroxylation sites is 1. The van der Waals surface area contributed by atoms with Crippen LogP contribution in [0.5, 0.6) is 0 Å². The van der Waals surface area contributed by atoms with Crippen molar-refractivity contribution in [3.05, 3.63) is 46.6 Å². The van der Waals surface area contributed by atoms with Gasteiger partial charge in [0.25, 0.3) is 0 Å². The summed E-state index contributed by atoms with van der Waals surface area (Å²) in [6.07, 6.45) is 1.81. The number of benzene rings is 1. The first-order valence-corrected chi connectivity index (χ1v) is 8.11. The van der Waals surface area contributed by atoms with Crippen molar-refractivity contribution in [2.75, 3.05) is 5.75 Å². The van der Waals surface area contributed by atoms with Gasteiger partial charge < -0.3 is 5.11 Å². The maximum Gasteiger partial charge on any atom is 0.332 e. The number of aromatic nitrogens is 2. The van der Waals surface area contributed by atoms with E-state index in [0.717, 1.165) is 16.3 Å². The molecule has 1 N–H and O–H groups in total. The Hall–Kier alpha value is -1.95. The average Bonchev–Trinajstić information content (AvgIpc) is 2.73. The first-order chi connectivity index (χ1) is 10.4. The maximum atomic E-state index is 12.6. The minimum absolute atomic E-state index is 0.0303. The summed E-state index contributed by atoms with van der Waals surface area (Å²) in [7, 11) is 0. The van der Waals surface area contributed by atoms with E-state index in [9.17, 15) is 9.59 Å². The molecule has 0 aliphatic rings. The lowest BCUT2D eigenvalue weighted by Gasteiger charge is -2.09. The van der Waals surface area contributed by atoms with Gasteiger partial charge in [-0.3, -0.25) is 13.9 Å². The van der Waals surface area contributed by atoms with Gasteiger partial charge in [-0.15, -0.1) is 11.8 Å². The molecule has 1 heterocycles. The SMILES string of the molecule is Cc1cn(-c2ccccc2SCC(=O)O)c(=O)n1CC(C)C. The molecule has 1 aromatic heterocycles. The Kier molecular flexibility index (Phi) is 5.13. The standard InChI is InChI=1S/C16H20N2O3S/c1-11(2)8-17-12(3)9-18(16(17)21)13-6-4-5-7-14(13)22-10-15(19)20/h4-7,9,11H,8,10H2,1-3H3,(H,19,20). The Morgan fingerprint density at radius 1 is 1.32 bits per heavy atom. The van der Waals surface area contributed by atoms with Gasteiger partial charge in [-0.2, -0.15) is 0 Å². The Morgan fingerprint density at radius 2 is 2.00 bits per heavy atom. The molecule has 0 saturated heterocycles. The normalized spacial score (nSPS) is 11.1. The van der Waals surface area contributed by atoms with Gasteiger partial charge >= 0.3 is 11.7 Å². The van der Waals surface area contributed by atoms with Crippen LogP contribution in [0.1, 0.15) is 19.5 Å². The van der Waals surface area contributed by atoms with E-state index < -0.39 is 5.97 Å². The smallest absolute Gasteiger partial charge is 0.332 e. The van der Waals surface area contributed by atoms with Crippen LogP contribution in [-0.4, -0.2) is 26.0 Å². The summed E-state index contributed by atoms with van der Waals surface area (Å²) in [6.45, 7) is 6.72. The Balaban J connectivity index is 2.44. The molecule has 0 radical (unpaired) electrons. The number of rotatable bonds is 6. The highest BCUT2D eigenvalue weighted by atomic mass is 32.2. The Labute approximate surface area is 133 Å². The first kappa shape index (κ1) is 16.4. The van der Waals surface area contributed by atoms with E-state index in [4.69, 9.17) is 5.11 Å². The topological polar surface area (TPSA) is 64.2 Å². The van der Waals surface area contributed by atoms with E-state index in [1.165, 1.54) is 11.8 Å². The molecule has 0 atom stereocenters. The molecule has 6 heteroatoms. The zero-order chi connectivity index (χ0) is 16.3. The molecule has 0 bridgehead atoms. The minimum atomic E-state index is -0.874. The molecule has 1 aromatic carbocycles. The van der Waals surface area contributed by atoms with Crippen LogP contribution in [0, 0.1) is 12.8 Å². The van der Waals surface area contributed by atoms with Crippen molar-refractivity contribution in [1.29, 1.82) is 0 Å². The van der Waals surface area contributed by atoms with Crippen molar-refractivity contribution in [1.82, 2.24) is 9.13 Å². The van der Waals surface area contributed by atoms with Crippen molar-refractivity contribution in [2.24, 2.45) is 5.92 Å². The van der Waals surface area contributed by atoms with E-state index in [2.05, 4.69) is 13.8 Å². The second kappa shape index (κ2) is 6.87. The highest BCUT2D eigenvalue weighted by Gasteiger charge is 2.14. The molecule has 118 valence electrons. The van der Waals surface area contributed by atoms with Crippen LogP contribution in [-0.2, 0) is 11.3 Å². The molecular weight excluding hydrogens is 300 g/mol. The quantitative estimate of drug-likeness (QED) is 0.831. The molecule has 0 aliphatic heterocycles. The van der Waals surface area contributed by atoms with Gasteiger partial charge in [-0.25, -0.2) is 4.79 Å². The van der Waals surface area contributed by atoms with E-state index in [-0.39, 0.29) is 11.4 Å². The summed E-state index contributed by atoms with van der Waals surface area (Å²) < 4.78 is 3.35. The molecule has 0 aliphatic carbocycles. The Bertz CT molecular complexity index is 731. The lowest BCUT2D eigenvalue weighted by atomic mass is 10.2. The number of imidazole rings is 1. The Morgan fingerprint density at radius 3 is 2.64 bits per heavy atom. The van der Waals surface area contributed by atoms with E-state index in [0.29, 0.717) is 12.5 Å². The number of nitrogens with zero attached hydrogens (tertiary/aromatic N) is 2. The largest absolute Gasteiger partial charge is 0.481 e. The predicted molar refractivity (Wildman–Crippen MR) is 88.0 cm³/mol. The summed E-state index contributed by atoms with van der Waals surface area (Å²) in [5.41, 5.74) is 1.54. The van der Waals surface area contributed by atoms with Gasteiger partial charge in [0.05, 0.1) is 11.4 Å². The lowest BCUT2D eigenvalue weighted by Crippen LogP contribution is -2.25. The van der Waals surface area contributed by atoms with Crippen LogP contribution in [0.3, 0.4) is 0 Å². The molecule has 5 nitrogen and oxygen atoms in total. The number of hydrogen-bond acceptors (Lipinski definition) is 3. The van der Waals surface area contributed by atoms with Gasteiger partial charge in [-0.1, -0.05) is 26.0 Å². The summed E-state index contributed by atoms with van der Waals surface area (Å²) in [5.74, 6) is -0.526. The van der Waals surface area contributed by atoms with Gasteiger partial charge in [0.2, 0.25) is 0 Å². The average molecular weight is 320 g/mol. The zero-order valence-corrected chi connectivity index (χ0v) is 13.8. The zero-order valence-electron chi connectivity index (χ0n) is 12.9. The second-order valence-electron chi connectivity index (χ2n) is 5.58. The predicted octanol–water partition coefficient (Wildman–Crippen LogP) is 2.78. The monoisotopic (exact) mass is 320 g/mol. The van der Waals surface area contributed by atoms with Gasteiger partial charge in [0, 0.05) is 23.3 Å². The number of aryl methyl sites for hydroxylation is 1. The van der Waals surface area contributed by atoms with E-state index in [1.54, 1.807) is 9.13 Å². The van der Waals surface area contributed by atoms with Crippen LogP contribution in [0.15, 0.2) is 40.2 Å². The molecule has 0 spiro atoms. The fourth-order valence-electron chi connectivity index (χ4n) is 2.27. The fraction of sp³-hybridized carbons (Fsp3) is 0.375.